The molecule has 1 aromatic carbocycles. The van der Waals surface area contributed by atoms with E-state index in [1.54, 1.807) is 0 Å². The van der Waals surface area contributed by atoms with Crippen LogP contribution in [0.2, 0.25) is 0 Å². The molecule has 1 aromatic rings. The lowest BCUT2D eigenvalue weighted by molar-refractivity contribution is 0.0313. The maximum Gasteiger partial charge on any atom is 0.246 e. The quantitative estimate of drug-likeness (QED) is 0.905. The predicted molar refractivity (Wildman–Crippen MR) is 73.0 cm³/mol. The Balaban J connectivity index is 2.49. The standard InChI is InChI=1S/C13H18F2N2O3S/c1-2-9-8-20-6-5-17(9)21(18,19)12-4-3-11(14)10(7-16)13(12)15/h3-4,9H,2,5-8,16H2,1H3. The summed E-state index contributed by atoms with van der Waals surface area (Å²) in [7, 11) is -4.05. The third-order valence-corrected chi connectivity index (χ3v) is 5.56. The zero-order valence-electron chi connectivity index (χ0n) is 11.7. The molecule has 0 bridgehead atoms. The molecule has 8 heteroatoms. The molecule has 5 nitrogen and oxygen atoms in total. The average Bonchev–Trinajstić information content (AvgIpc) is 2.47. The number of ether oxygens (including phenoxy) is 1. The van der Waals surface area contributed by atoms with Crippen LogP contribution in [0.5, 0.6) is 0 Å². The molecule has 1 fully saturated rings. The molecule has 2 N–H and O–H groups in total. The number of rotatable bonds is 4. The van der Waals surface area contributed by atoms with Gasteiger partial charge in [0.05, 0.1) is 13.2 Å². The molecule has 0 spiro atoms. The second kappa shape index (κ2) is 6.35. The van der Waals surface area contributed by atoms with Gasteiger partial charge in [0.1, 0.15) is 10.7 Å². The van der Waals surface area contributed by atoms with Crippen molar-refractivity contribution in [2.24, 2.45) is 5.73 Å². The Kier molecular flexibility index (Phi) is 4.92. The first-order chi connectivity index (χ1) is 9.93. The van der Waals surface area contributed by atoms with Gasteiger partial charge in [0, 0.05) is 24.7 Å². The second-order valence-corrected chi connectivity index (χ2v) is 6.65. The number of hydrogen-bond donors (Lipinski definition) is 1. The van der Waals surface area contributed by atoms with Gasteiger partial charge in [-0.05, 0) is 18.6 Å². The summed E-state index contributed by atoms with van der Waals surface area (Å²) >= 11 is 0. The zero-order valence-corrected chi connectivity index (χ0v) is 12.5. The summed E-state index contributed by atoms with van der Waals surface area (Å²) in [6.45, 7) is 2.09. The molecule has 0 radical (unpaired) electrons. The monoisotopic (exact) mass is 320 g/mol. The zero-order chi connectivity index (χ0) is 15.6. The van der Waals surface area contributed by atoms with Gasteiger partial charge in [-0.15, -0.1) is 0 Å². The molecule has 118 valence electrons. The Morgan fingerprint density at radius 2 is 2.14 bits per heavy atom. The van der Waals surface area contributed by atoms with Crippen LogP contribution in [0.4, 0.5) is 8.78 Å². The van der Waals surface area contributed by atoms with Crippen LogP contribution >= 0.6 is 0 Å². The van der Waals surface area contributed by atoms with Gasteiger partial charge in [-0.25, -0.2) is 17.2 Å². The summed E-state index contributed by atoms with van der Waals surface area (Å²) in [5, 5.41) is 0. The third-order valence-electron chi connectivity index (χ3n) is 3.59. The first kappa shape index (κ1) is 16.3. The average molecular weight is 320 g/mol. The fourth-order valence-electron chi connectivity index (χ4n) is 2.37. The van der Waals surface area contributed by atoms with Gasteiger partial charge < -0.3 is 10.5 Å². The highest BCUT2D eigenvalue weighted by Crippen LogP contribution is 2.27. The fraction of sp³-hybridized carbons (Fsp3) is 0.538. The Morgan fingerprint density at radius 1 is 1.43 bits per heavy atom. The van der Waals surface area contributed by atoms with Crippen LogP contribution in [0.25, 0.3) is 0 Å². The lowest BCUT2D eigenvalue weighted by Gasteiger charge is -2.34. The fourth-order valence-corrected chi connectivity index (χ4v) is 4.13. The Labute approximate surface area is 122 Å². The van der Waals surface area contributed by atoms with Gasteiger partial charge in [-0.1, -0.05) is 6.92 Å². The van der Waals surface area contributed by atoms with E-state index in [1.807, 2.05) is 6.92 Å². The van der Waals surface area contributed by atoms with E-state index in [2.05, 4.69) is 0 Å². The molecule has 1 unspecified atom stereocenters. The lowest BCUT2D eigenvalue weighted by Crippen LogP contribution is -2.48. The van der Waals surface area contributed by atoms with Gasteiger partial charge >= 0.3 is 0 Å². The minimum absolute atomic E-state index is 0.148. The normalized spacial score (nSPS) is 20.7. The number of morpholine rings is 1. The minimum Gasteiger partial charge on any atom is -0.378 e. The first-order valence-corrected chi connectivity index (χ1v) is 8.14. The predicted octanol–water partition coefficient (Wildman–Crippen LogP) is 1.22. The molecule has 1 aliphatic rings. The lowest BCUT2D eigenvalue weighted by atomic mass is 10.2. The summed E-state index contributed by atoms with van der Waals surface area (Å²) < 4.78 is 59.4. The molecule has 0 aromatic heterocycles. The number of hydrogen-bond acceptors (Lipinski definition) is 4. The van der Waals surface area contributed by atoms with Crippen LogP contribution in [0.3, 0.4) is 0 Å². The molecular formula is C13H18F2N2O3S. The van der Waals surface area contributed by atoms with Crippen LogP contribution in [0.1, 0.15) is 18.9 Å². The van der Waals surface area contributed by atoms with Gasteiger partial charge in [-0.2, -0.15) is 4.31 Å². The van der Waals surface area contributed by atoms with Gasteiger partial charge in [0.25, 0.3) is 0 Å². The van der Waals surface area contributed by atoms with Crippen molar-refractivity contribution in [3.05, 3.63) is 29.3 Å². The molecule has 0 saturated carbocycles. The van der Waals surface area contributed by atoms with E-state index in [0.29, 0.717) is 6.42 Å². The minimum atomic E-state index is -4.05. The summed E-state index contributed by atoms with van der Waals surface area (Å²) in [5.74, 6) is -1.96. The highest BCUT2D eigenvalue weighted by atomic mass is 32.2. The summed E-state index contributed by atoms with van der Waals surface area (Å²) in [6, 6.07) is 1.52. The second-order valence-electron chi connectivity index (χ2n) is 4.79. The number of nitrogens with zero attached hydrogens (tertiary/aromatic N) is 1. The van der Waals surface area contributed by atoms with E-state index in [0.717, 1.165) is 12.1 Å². The number of nitrogens with two attached hydrogens (primary N) is 1. The summed E-state index contributed by atoms with van der Waals surface area (Å²) in [5.41, 5.74) is 4.87. The maximum atomic E-state index is 14.3. The summed E-state index contributed by atoms with van der Waals surface area (Å²) in [6.07, 6.45) is 0.547. The Morgan fingerprint density at radius 3 is 2.76 bits per heavy atom. The highest BCUT2D eigenvalue weighted by molar-refractivity contribution is 7.89. The van der Waals surface area contributed by atoms with Crippen molar-refractivity contribution >= 4 is 10.0 Å². The van der Waals surface area contributed by atoms with Gasteiger partial charge in [0.2, 0.25) is 10.0 Å². The summed E-state index contributed by atoms with van der Waals surface area (Å²) in [4.78, 5) is -0.537. The van der Waals surface area contributed by atoms with E-state index in [1.165, 1.54) is 4.31 Å². The largest absolute Gasteiger partial charge is 0.378 e. The van der Waals surface area contributed by atoms with Crippen LogP contribution in [-0.4, -0.2) is 38.5 Å². The molecule has 1 saturated heterocycles. The molecule has 1 aliphatic heterocycles. The van der Waals surface area contributed by atoms with Crippen molar-refractivity contribution in [2.45, 2.75) is 30.8 Å². The van der Waals surface area contributed by atoms with E-state index in [9.17, 15) is 17.2 Å². The Bertz CT molecular complexity index is 622. The molecule has 2 rings (SSSR count). The molecular weight excluding hydrogens is 302 g/mol. The molecule has 0 aliphatic carbocycles. The van der Waals surface area contributed by atoms with Crippen molar-refractivity contribution in [2.75, 3.05) is 19.8 Å². The van der Waals surface area contributed by atoms with Crippen molar-refractivity contribution in [1.29, 1.82) is 0 Å². The third kappa shape index (κ3) is 2.94. The molecule has 21 heavy (non-hydrogen) atoms. The first-order valence-electron chi connectivity index (χ1n) is 6.70. The van der Waals surface area contributed by atoms with Crippen molar-refractivity contribution < 1.29 is 21.9 Å². The van der Waals surface area contributed by atoms with Crippen LogP contribution < -0.4 is 5.73 Å². The van der Waals surface area contributed by atoms with Crippen molar-refractivity contribution in [1.82, 2.24) is 4.31 Å². The smallest absolute Gasteiger partial charge is 0.246 e. The molecule has 1 heterocycles. The van der Waals surface area contributed by atoms with E-state index < -0.39 is 38.7 Å². The maximum absolute atomic E-state index is 14.3. The van der Waals surface area contributed by atoms with E-state index in [4.69, 9.17) is 10.5 Å². The Hall–Kier alpha value is -1.09. The van der Waals surface area contributed by atoms with E-state index in [-0.39, 0.29) is 25.8 Å². The number of benzene rings is 1. The van der Waals surface area contributed by atoms with E-state index >= 15 is 0 Å². The molecule has 0 amide bonds. The molecule has 1 atom stereocenters. The van der Waals surface area contributed by atoms with Gasteiger partial charge in [0.15, 0.2) is 5.82 Å². The number of sulfonamides is 1. The van der Waals surface area contributed by atoms with Crippen LogP contribution in [0.15, 0.2) is 17.0 Å². The van der Waals surface area contributed by atoms with Crippen molar-refractivity contribution in [3.63, 3.8) is 0 Å². The van der Waals surface area contributed by atoms with Crippen LogP contribution in [-0.2, 0) is 21.3 Å². The topological polar surface area (TPSA) is 72.6 Å². The SMILES string of the molecule is CCC1COCCN1S(=O)(=O)c1ccc(F)c(CN)c1F. The van der Waals surface area contributed by atoms with Gasteiger partial charge in [-0.3, -0.25) is 0 Å². The van der Waals surface area contributed by atoms with Crippen molar-refractivity contribution in [3.8, 4) is 0 Å². The van der Waals surface area contributed by atoms with Crippen LogP contribution in [0, 0.1) is 11.6 Å². The number of halogens is 2. The highest BCUT2D eigenvalue weighted by Gasteiger charge is 2.35.